The molecule has 0 radical (unpaired) electrons. The van der Waals surface area contributed by atoms with Crippen molar-refractivity contribution in [1.82, 2.24) is 9.80 Å². The van der Waals surface area contributed by atoms with Crippen LogP contribution in [-0.4, -0.2) is 47.4 Å². The molecule has 0 N–H and O–H groups in total. The van der Waals surface area contributed by atoms with E-state index in [1.807, 2.05) is 30.3 Å². The number of halogens is 4. The molecule has 0 aromatic heterocycles. The van der Waals surface area contributed by atoms with E-state index in [2.05, 4.69) is 43.3 Å². The lowest BCUT2D eigenvalue weighted by molar-refractivity contribution is -0.137. The van der Waals surface area contributed by atoms with Crippen LogP contribution in [0, 0.1) is 5.82 Å². The van der Waals surface area contributed by atoms with Gasteiger partial charge in [-0.05, 0) is 105 Å². The van der Waals surface area contributed by atoms with E-state index in [1.54, 1.807) is 4.90 Å². The number of likely N-dealkylation sites (N-methyl/N-ethyl adjacent to an activating group) is 1. The Labute approximate surface area is 238 Å². The summed E-state index contributed by atoms with van der Waals surface area (Å²) in [5, 5.41) is 0. The number of rotatable bonds is 4. The first-order valence-electron chi connectivity index (χ1n) is 14.2. The highest BCUT2D eigenvalue weighted by atomic mass is 19.4. The largest absolute Gasteiger partial charge is 0.416 e. The van der Waals surface area contributed by atoms with Gasteiger partial charge >= 0.3 is 6.18 Å². The van der Waals surface area contributed by atoms with Gasteiger partial charge in [-0.1, -0.05) is 54.6 Å². The molecular formula is C34H34F4N2O. The highest BCUT2D eigenvalue weighted by molar-refractivity contribution is 5.96. The van der Waals surface area contributed by atoms with E-state index in [4.69, 9.17) is 0 Å². The number of hydrogen-bond donors (Lipinski definition) is 0. The number of carbonyl (C=O) groups excluding carboxylic acids is 1. The quantitative estimate of drug-likeness (QED) is 0.307. The van der Waals surface area contributed by atoms with E-state index in [1.165, 1.54) is 27.8 Å². The molecule has 0 unspecified atom stereocenters. The topological polar surface area (TPSA) is 23.6 Å². The first kappa shape index (κ1) is 27.7. The predicted octanol–water partition coefficient (Wildman–Crippen LogP) is 7.56. The summed E-state index contributed by atoms with van der Waals surface area (Å²) in [5.41, 5.74) is 4.03. The molecule has 1 saturated carbocycles. The minimum atomic E-state index is -4.74. The highest BCUT2D eigenvalue weighted by Gasteiger charge is 2.53. The van der Waals surface area contributed by atoms with Crippen molar-refractivity contribution in [1.29, 1.82) is 0 Å². The molecule has 1 aliphatic heterocycles. The molecular weight excluding hydrogens is 528 g/mol. The molecule has 3 nitrogen and oxygen atoms in total. The maximum atomic E-state index is 14.4. The van der Waals surface area contributed by atoms with Gasteiger partial charge in [0.15, 0.2) is 0 Å². The Balaban J connectivity index is 1.40. The lowest BCUT2D eigenvalue weighted by Crippen LogP contribution is -2.61. The smallest absolute Gasteiger partial charge is 0.329 e. The number of hydrogen-bond acceptors (Lipinski definition) is 2. The van der Waals surface area contributed by atoms with Crippen LogP contribution >= 0.6 is 0 Å². The number of alkyl halides is 3. The zero-order valence-corrected chi connectivity index (χ0v) is 23.4. The van der Waals surface area contributed by atoms with Gasteiger partial charge < -0.3 is 9.80 Å². The van der Waals surface area contributed by atoms with Gasteiger partial charge in [0, 0.05) is 17.6 Å². The van der Waals surface area contributed by atoms with E-state index in [-0.39, 0.29) is 11.1 Å². The van der Waals surface area contributed by atoms with Gasteiger partial charge in [-0.2, -0.15) is 13.2 Å². The number of nitrogens with zero attached hydrogens (tertiary/aromatic N) is 2. The van der Waals surface area contributed by atoms with Gasteiger partial charge in [-0.15, -0.1) is 0 Å². The Morgan fingerprint density at radius 1 is 0.927 bits per heavy atom. The van der Waals surface area contributed by atoms with Crippen molar-refractivity contribution in [3.05, 3.63) is 112 Å². The summed E-state index contributed by atoms with van der Waals surface area (Å²) in [5.74, 6) is -1.58. The third kappa shape index (κ3) is 4.78. The monoisotopic (exact) mass is 562 g/mol. The highest BCUT2D eigenvalue weighted by Crippen LogP contribution is 2.54. The molecule has 1 fully saturated rings. The van der Waals surface area contributed by atoms with Crippen LogP contribution in [0.5, 0.6) is 0 Å². The molecule has 0 atom stereocenters. The van der Waals surface area contributed by atoms with Crippen LogP contribution < -0.4 is 0 Å². The average molecular weight is 563 g/mol. The minimum Gasteiger partial charge on any atom is -0.329 e. The van der Waals surface area contributed by atoms with Crippen LogP contribution in [0.4, 0.5) is 17.6 Å². The summed E-state index contributed by atoms with van der Waals surface area (Å²) in [6.45, 7) is 0.386. The van der Waals surface area contributed by atoms with Gasteiger partial charge in [0.25, 0.3) is 5.91 Å². The Morgan fingerprint density at radius 3 is 2.29 bits per heavy atom. The van der Waals surface area contributed by atoms with Gasteiger partial charge in [0.05, 0.1) is 11.1 Å². The fraction of sp³-hybridized carbons (Fsp3) is 0.382. The van der Waals surface area contributed by atoms with Crippen molar-refractivity contribution < 1.29 is 22.4 Å². The molecule has 2 aliphatic carbocycles. The van der Waals surface area contributed by atoms with E-state index >= 15 is 0 Å². The Kier molecular flexibility index (Phi) is 6.84. The lowest BCUT2D eigenvalue weighted by atomic mass is 9.64. The second kappa shape index (κ2) is 10.1. The fourth-order valence-corrected chi connectivity index (χ4v) is 7.55. The Hall–Kier alpha value is -3.45. The number of amides is 1. The van der Waals surface area contributed by atoms with Crippen molar-refractivity contribution in [2.45, 2.75) is 62.2 Å². The molecule has 1 heterocycles. The number of fused-ring (bicyclic) bond motifs is 3. The van der Waals surface area contributed by atoms with Gasteiger partial charge in [-0.3, -0.25) is 4.79 Å². The van der Waals surface area contributed by atoms with Crippen LogP contribution in [0.25, 0.3) is 5.57 Å². The van der Waals surface area contributed by atoms with Crippen molar-refractivity contribution in [3.63, 3.8) is 0 Å². The molecule has 41 heavy (non-hydrogen) atoms. The van der Waals surface area contributed by atoms with E-state index in [0.717, 1.165) is 37.8 Å². The SMILES string of the molecule is CN(C)C1(Cc2ccccc2)CCC2(CC1)C1=C(CCN2C(=O)c2cc(F)cc(C(F)(F)F)c2)c2ccccc2C1. The zero-order chi connectivity index (χ0) is 29.0. The molecule has 0 bridgehead atoms. The van der Waals surface area contributed by atoms with Crippen LogP contribution in [-0.2, 0) is 19.0 Å². The summed E-state index contributed by atoms with van der Waals surface area (Å²) < 4.78 is 55.1. The first-order valence-corrected chi connectivity index (χ1v) is 14.2. The van der Waals surface area contributed by atoms with Gasteiger partial charge in [-0.25, -0.2) is 4.39 Å². The van der Waals surface area contributed by atoms with Crippen molar-refractivity contribution in [2.24, 2.45) is 0 Å². The number of benzene rings is 3. The minimum absolute atomic E-state index is 0.118. The first-order chi connectivity index (χ1) is 19.5. The van der Waals surface area contributed by atoms with Crippen LogP contribution in [0.15, 0.2) is 78.4 Å². The summed E-state index contributed by atoms with van der Waals surface area (Å²) >= 11 is 0. The lowest BCUT2D eigenvalue weighted by Gasteiger charge is -2.56. The van der Waals surface area contributed by atoms with Crippen LogP contribution in [0.1, 0.15) is 64.7 Å². The summed E-state index contributed by atoms with van der Waals surface area (Å²) in [6.07, 6.45) is 0.508. The third-order valence-corrected chi connectivity index (χ3v) is 9.79. The van der Waals surface area contributed by atoms with Gasteiger partial charge in [0.1, 0.15) is 5.82 Å². The molecule has 214 valence electrons. The van der Waals surface area contributed by atoms with E-state index in [0.29, 0.717) is 31.9 Å². The summed E-state index contributed by atoms with van der Waals surface area (Å²) in [7, 11) is 4.21. The normalized spacial score (nSPS) is 24.1. The fourth-order valence-electron chi connectivity index (χ4n) is 7.55. The Morgan fingerprint density at radius 2 is 1.61 bits per heavy atom. The van der Waals surface area contributed by atoms with Crippen LogP contribution in [0.2, 0.25) is 0 Å². The molecule has 3 aliphatic rings. The maximum absolute atomic E-state index is 14.4. The van der Waals surface area contributed by atoms with Crippen molar-refractivity contribution in [3.8, 4) is 0 Å². The maximum Gasteiger partial charge on any atom is 0.416 e. The standard InChI is InChI=1S/C34H34F4N2O/c1-39(2)32(22-23-8-4-3-5-9-23)13-15-33(16-14-32)30-20-24-10-6-7-11-28(24)29(30)12-17-40(33)31(41)25-18-26(34(36,37)38)21-27(35)19-25/h3-11,18-19,21H,12-17,20,22H2,1-2H3. The molecule has 3 aromatic carbocycles. The molecule has 6 rings (SSSR count). The molecule has 7 heteroatoms. The molecule has 3 aromatic rings. The molecule has 1 amide bonds. The molecule has 1 spiro atoms. The molecule has 0 saturated heterocycles. The van der Waals surface area contributed by atoms with E-state index < -0.39 is 29.0 Å². The van der Waals surface area contributed by atoms with Crippen molar-refractivity contribution >= 4 is 11.5 Å². The van der Waals surface area contributed by atoms with E-state index in [9.17, 15) is 22.4 Å². The predicted molar refractivity (Wildman–Crippen MR) is 152 cm³/mol. The van der Waals surface area contributed by atoms with Crippen molar-refractivity contribution in [2.75, 3.05) is 20.6 Å². The third-order valence-electron chi connectivity index (χ3n) is 9.79. The second-order valence-electron chi connectivity index (χ2n) is 12.0. The average Bonchev–Trinajstić information content (AvgIpc) is 3.34. The van der Waals surface area contributed by atoms with Gasteiger partial charge in [0.2, 0.25) is 0 Å². The van der Waals surface area contributed by atoms with Crippen LogP contribution in [0.3, 0.4) is 0 Å². The Bertz CT molecular complexity index is 1500. The number of carbonyl (C=O) groups is 1. The second-order valence-corrected chi connectivity index (χ2v) is 12.0. The zero-order valence-electron chi connectivity index (χ0n) is 23.4. The summed E-state index contributed by atoms with van der Waals surface area (Å²) in [6, 6.07) is 20.9. The summed E-state index contributed by atoms with van der Waals surface area (Å²) in [4.78, 5) is 18.2.